The molecule has 1 aromatic carbocycles. The van der Waals surface area contributed by atoms with Crippen LogP contribution in [-0.2, 0) is 11.2 Å². The molecule has 1 fully saturated rings. The number of nitrogens with one attached hydrogen (secondary N) is 2. The molecule has 19 heavy (non-hydrogen) atoms. The highest BCUT2D eigenvalue weighted by molar-refractivity contribution is 6.02. The molecule has 1 atom stereocenters. The van der Waals surface area contributed by atoms with Gasteiger partial charge in [-0.3, -0.25) is 9.59 Å². The minimum atomic E-state index is -0.00427. The lowest BCUT2D eigenvalue weighted by Gasteiger charge is -2.32. The Balaban J connectivity index is 1.81. The highest BCUT2D eigenvalue weighted by Gasteiger charge is 2.24. The molecule has 5 nitrogen and oxygen atoms in total. The first-order valence-corrected chi connectivity index (χ1v) is 6.59. The minimum absolute atomic E-state index is 0.00427. The van der Waals surface area contributed by atoms with Gasteiger partial charge in [-0.15, -0.1) is 0 Å². The van der Waals surface area contributed by atoms with E-state index >= 15 is 0 Å². The lowest BCUT2D eigenvalue weighted by Crippen LogP contribution is -2.51. The van der Waals surface area contributed by atoms with Crippen LogP contribution in [0, 0.1) is 0 Å². The summed E-state index contributed by atoms with van der Waals surface area (Å²) in [6, 6.07) is 5.79. The second-order valence-corrected chi connectivity index (χ2v) is 5.20. The number of piperazine rings is 1. The summed E-state index contributed by atoms with van der Waals surface area (Å²) in [5.74, 6) is 0.0349. The molecule has 2 aliphatic rings. The first-order chi connectivity index (χ1) is 9.13. The summed E-state index contributed by atoms with van der Waals surface area (Å²) in [4.78, 5) is 25.6. The number of rotatable bonds is 1. The van der Waals surface area contributed by atoms with E-state index in [0.717, 1.165) is 30.9 Å². The topological polar surface area (TPSA) is 61.4 Å². The molecule has 1 saturated heterocycles. The van der Waals surface area contributed by atoms with Gasteiger partial charge in [-0.1, -0.05) is 6.07 Å². The summed E-state index contributed by atoms with van der Waals surface area (Å²) < 4.78 is 0. The average Bonchev–Trinajstić information content (AvgIpc) is 2.76. The molecule has 1 aromatic rings. The van der Waals surface area contributed by atoms with Crippen molar-refractivity contribution >= 4 is 17.5 Å². The number of carbonyl (C=O) groups is 2. The SMILES string of the molecule is C[C@@H]1CN(C(=O)c2ccc3c(c2)NC(=O)C3)CCN1. The number of amides is 2. The predicted octanol–water partition coefficient (Wildman–Crippen LogP) is 0.615. The average molecular weight is 259 g/mol. The van der Waals surface area contributed by atoms with E-state index in [1.807, 2.05) is 17.0 Å². The minimum Gasteiger partial charge on any atom is -0.336 e. The number of nitrogens with zero attached hydrogens (tertiary/aromatic N) is 1. The number of carbonyl (C=O) groups excluding carboxylic acids is 2. The molecule has 0 aliphatic carbocycles. The Morgan fingerprint density at radius 3 is 3.05 bits per heavy atom. The zero-order valence-corrected chi connectivity index (χ0v) is 10.9. The Hall–Kier alpha value is -1.88. The zero-order chi connectivity index (χ0) is 13.4. The Bertz CT molecular complexity index is 541. The summed E-state index contributed by atoms with van der Waals surface area (Å²) in [5, 5.41) is 6.10. The second-order valence-electron chi connectivity index (χ2n) is 5.20. The van der Waals surface area contributed by atoms with Gasteiger partial charge in [-0.05, 0) is 24.6 Å². The smallest absolute Gasteiger partial charge is 0.254 e. The van der Waals surface area contributed by atoms with Crippen LogP contribution in [0.1, 0.15) is 22.8 Å². The van der Waals surface area contributed by atoms with Crippen molar-refractivity contribution in [1.29, 1.82) is 0 Å². The van der Waals surface area contributed by atoms with Gasteiger partial charge in [0.1, 0.15) is 0 Å². The van der Waals surface area contributed by atoms with Crippen molar-refractivity contribution in [3.63, 3.8) is 0 Å². The number of fused-ring (bicyclic) bond motifs is 1. The maximum Gasteiger partial charge on any atom is 0.254 e. The maximum absolute atomic E-state index is 12.4. The Kier molecular flexibility index (Phi) is 2.98. The van der Waals surface area contributed by atoms with Gasteiger partial charge in [-0.2, -0.15) is 0 Å². The molecule has 5 heteroatoms. The maximum atomic E-state index is 12.4. The van der Waals surface area contributed by atoms with Gasteiger partial charge >= 0.3 is 0 Å². The van der Waals surface area contributed by atoms with Gasteiger partial charge in [0, 0.05) is 36.9 Å². The van der Waals surface area contributed by atoms with Crippen LogP contribution in [-0.4, -0.2) is 42.4 Å². The molecule has 0 radical (unpaired) electrons. The van der Waals surface area contributed by atoms with Crippen LogP contribution in [0.3, 0.4) is 0 Å². The summed E-state index contributed by atoms with van der Waals surface area (Å²) in [5.41, 5.74) is 2.39. The second kappa shape index (κ2) is 4.66. The third-order valence-electron chi connectivity index (χ3n) is 3.64. The monoisotopic (exact) mass is 259 g/mol. The Labute approximate surface area is 112 Å². The van der Waals surface area contributed by atoms with Gasteiger partial charge in [0.15, 0.2) is 0 Å². The Morgan fingerprint density at radius 2 is 2.26 bits per heavy atom. The third kappa shape index (κ3) is 2.33. The molecule has 3 rings (SSSR count). The highest BCUT2D eigenvalue weighted by atomic mass is 16.2. The van der Waals surface area contributed by atoms with Gasteiger partial charge in [-0.25, -0.2) is 0 Å². The molecular weight excluding hydrogens is 242 g/mol. The lowest BCUT2D eigenvalue weighted by atomic mass is 10.1. The van der Waals surface area contributed by atoms with Crippen molar-refractivity contribution in [3.8, 4) is 0 Å². The van der Waals surface area contributed by atoms with Gasteiger partial charge in [0.25, 0.3) is 5.91 Å². The quantitative estimate of drug-likeness (QED) is 0.777. The standard InChI is InChI=1S/C14H17N3O2/c1-9-8-17(5-4-15-9)14(19)11-3-2-10-7-13(18)16-12(10)6-11/h2-3,6,9,15H,4-5,7-8H2,1H3,(H,16,18)/t9-/m1/s1. The van der Waals surface area contributed by atoms with Crippen molar-refractivity contribution in [2.24, 2.45) is 0 Å². The molecular formula is C14H17N3O2. The summed E-state index contributed by atoms with van der Waals surface area (Å²) in [7, 11) is 0. The highest BCUT2D eigenvalue weighted by Crippen LogP contribution is 2.24. The fourth-order valence-corrected chi connectivity index (χ4v) is 2.65. The van der Waals surface area contributed by atoms with E-state index in [-0.39, 0.29) is 11.8 Å². The van der Waals surface area contributed by atoms with E-state index in [1.165, 1.54) is 0 Å². The van der Waals surface area contributed by atoms with Crippen molar-refractivity contribution in [3.05, 3.63) is 29.3 Å². The first-order valence-electron chi connectivity index (χ1n) is 6.59. The van der Waals surface area contributed by atoms with Crippen LogP contribution < -0.4 is 10.6 Å². The third-order valence-corrected chi connectivity index (χ3v) is 3.64. The van der Waals surface area contributed by atoms with E-state index in [4.69, 9.17) is 0 Å². The predicted molar refractivity (Wildman–Crippen MR) is 72.1 cm³/mol. The zero-order valence-electron chi connectivity index (χ0n) is 10.9. The summed E-state index contributed by atoms with van der Waals surface area (Å²) >= 11 is 0. The van der Waals surface area contributed by atoms with E-state index < -0.39 is 0 Å². The number of hydrogen-bond donors (Lipinski definition) is 2. The van der Waals surface area contributed by atoms with E-state index in [2.05, 4.69) is 17.6 Å². The van der Waals surface area contributed by atoms with Crippen molar-refractivity contribution in [1.82, 2.24) is 10.2 Å². The van der Waals surface area contributed by atoms with Crippen LogP contribution in [0.15, 0.2) is 18.2 Å². The fourth-order valence-electron chi connectivity index (χ4n) is 2.65. The molecule has 0 saturated carbocycles. The number of benzene rings is 1. The molecule has 0 bridgehead atoms. The fraction of sp³-hybridized carbons (Fsp3) is 0.429. The van der Waals surface area contributed by atoms with Crippen LogP contribution >= 0.6 is 0 Å². The Morgan fingerprint density at radius 1 is 1.42 bits per heavy atom. The van der Waals surface area contributed by atoms with Gasteiger partial charge in [0.2, 0.25) is 5.91 Å². The van der Waals surface area contributed by atoms with Gasteiger partial charge in [0.05, 0.1) is 6.42 Å². The normalized spacial score (nSPS) is 22.1. The first kappa shape index (κ1) is 12.2. The van der Waals surface area contributed by atoms with Crippen molar-refractivity contribution in [2.45, 2.75) is 19.4 Å². The molecule has 2 amide bonds. The largest absolute Gasteiger partial charge is 0.336 e. The summed E-state index contributed by atoms with van der Waals surface area (Å²) in [6.45, 7) is 4.35. The molecule has 0 unspecified atom stereocenters. The lowest BCUT2D eigenvalue weighted by molar-refractivity contribution is -0.115. The molecule has 100 valence electrons. The number of hydrogen-bond acceptors (Lipinski definition) is 3. The molecule has 2 aliphatic heterocycles. The molecule has 2 N–H and O–H groups in total. The molecule has 2 heterocycles. The van der Waals surface area contributed by atoms with Crippen LogP contribution in [0.25, 0.3) is 0 Å². The van der Waals surface area contributed by atoms with Crippen LogP contribution in [0.5, 0.6) is 0 Å². The van der Waals surface area contributed by atoms with Crippen molar-refractivity contribution < 1.29 is 9.59 Å². The van der Waals surface area contributed by atoms with E-state index in [0.29, 0.717) is 18.0 Å². The van der Waals surface area contributed by atoms with Crippen molar-refractivity contribution in [2.75, 3.05) is 25.0 Å². The summed E-state index contributed by atoms with van der Waals surface area (Å²) in [6.07, 6.45) is 0.411. The number of anilines is 1. The van der Waals surface area contributed by atoms with E-state index in [1.54, 1.807) is 6.07 Å². The van der Waals surface area contributed by atoms with E-state index in [9.17, 15) is 9.59 Å². The van der Waals surface area contributed by atoms with Crippen LogP contribution in [0.4, 0.5) is 5.69 Å². The van der Waals surface area contributed by atoms with Crippen LogP contribution in [0.2, 0.25) is 0 Å². The van der Waals surface area contributed by atoms with Gasteiger partial charge < -0.3 is 15.5 Å². The molecule has 0 aromatic heterocycles. The molecule has 0 spiro atoms.